The van der Waals surface area contributed by atoms with Crippen LogP contribution in [-0.2, 0) is 0 Å². The van der Waals surface area contributed by atoms with Crippen molar-refractivity contribution in [1.82, 2.24) is 4.90 Å². The molecule has 23 heavy (non-hydrogen) atoms. The Bertz CT molecular complexity index is 692. The first-order chi connectivity index (χ1) is 10.5. The van der Waals surface area contributed by atoms with E-state index >= 15 is 0 Å². The molecule has 0 fully saturated rings. The number of fused-ring (bicyclic) bond motifs is 2. The van der Waals surface area contributed by atoms with Crippen LogP contribution in [0.3, 0.4) is 0 Å². The fourth-order valence-corrected chi connectivity index (χ4v) is 2.75. The van der Waals surface area contributed by atoms with Crippen molar-refractivity contribution in [3.05, 3.63) is 52.0 Å². The van der Waals surface area contributed by atoms with Gasteiger partial charge in [0.15, 0.2) is 11.5 Å². The molecule has 0 amide bonds. The Labute approximate surface area is 152 Å². The third kappa shape index (κ3) is 4.04. The average molecular weight is 375 g/mol. The van der Waals surface area contributed by atoms with Crippen LogP contribution < -0.4 is 9.47 Å². The molecule has 3 rings (SSSR count). The summed E-state index contributed by atoms with van der Waals surface area (Å²) in [5, 5.41) is 0.912. The molecule has 1 aliphatic heterocycles. The molecule has 1 heterocycles. The lowest BCUT2D eigenvalue weighted by Gasteiger charge is -2.20. The molecule has 0 N–H and O–H groups in total. The van der Waals surface area contributed by atoms with Crippen molar-refractivity contribution in [2.45, 2.75) is 12.5 Å². The van der Waals surface area contributed by atoms with Gasteiger partial charge >= 0.3 is 0 Å². The summed E-state index contributed by atoms with van der Waals surface area (Å²) in [5.41, 5.74) is 1.03. The van der Waals surface area contributed by atoms with Crippen molar-refractivity contribution < 1.29 is 9.47 Å². The molecular weight excluding hydrogens is 357 g/mol. The topological polar surface area (TPSA) is 21.7 Å². The maximum absolute atomic E-state index is 6.17. The first kappa shape index (κ1) is 18.2. The minimum Gasteiger partial charge on any atom is -0.482 e. The van der Waals surface area contributed by atoms with Gasteiger partial charge in [-0.1, -0.05) is 41.4 Å². The van der Waals surface area contributed by atoms with Crippen molar-refractivity contribution in [1.29, 1.82) is 0 Å². The van der Waals surface area contributed by atoms with Gasteiger partial charge in [0.25, 0.3) is 0 Å². The van der Waals surface area contributed by atoms with Gasteiger partial charge in [0, 0.05) is 30.7 Å². The summed E-state index contributed by atoms with van der Waals surface area (Å²) in [6.07, 6.45) is 0.768. The lowest BCUT2D eigenvalue weighted by molar-refractivity contribution is 0.181. The van der Waals surface area contributed by atoms with Crippen molar-refractivity contribution in [2.24, 2.45) is 0 Å². The molecule has 0 aliphatic carbocycles. The van der Waals surface area contributed by atoms with Crippen LogP contribution in [0.2, 0.25) is 10.0 Å². The van der Waals surface area contributed by atoms with E-state index in [1.54, 1.807) is 12.1 Å². The lowest BCUT2D eigenvalue weighted by atomic mass is 10.1. The molecule has 6 heteroatoms. The zero-order valence-electron chi connectivity index (χ0n) is 12.9. The van der Waals surface area contributed by atoms with Crippen LogP contribution in [-0.4, -0.2) is 25.5 Å². The molecule has 3 nitrogen and oxygen atoms in total. The standard InChI is InChI=1S/C17H17Cl2NO2.ClH/c1-20(2)8-7-15-11-5-3-4-6-14(11)21-16-9-12(18)13(19)10-17(16)22-15;/h3-6,9-10,15H,7-8H2,1-2H3;1H. The van der Waals surface area contributed by atoms with Gasteiger partial charge in [-0.2, -0.15) is 0 Å². The Morgan fingerprint density at radius 2 is 1.65 bits per heavy atom. The molecule has 0 spiro atoms. The van der Waals surface area contributed by atoms with Gasteiger partial charge in [0.1, 0.15) is 11.9 Å². The molecule has 0 saturated heterocycles. The number of para-hydroxylation sites is 1. The SMILES string of the molecule is CN(C)CCC1Oc2cc(Cl)c(Cl)cc2Oc2ccccc21.Cl. The molecule has 0 aromatic heterocycles. The fourth-order valence-electron chi connectivity index (χ4n) is 2.45. The smallest absolute Gasteiger partial charge is 0.170 e. The summed E-state index contributed by atoms with van der Waals surface area (Å²) < 4.78 is 12.2. The number of hydrogen-bond acceptors (Lipinski definition) is 3. The van der Waals surface area contributed by atoms with Crippen molar-refractivity contribution in [3.8, 4) is 17.2 Å². The summed E-state index contributed by atoms with van der Waals surface area (Å²) in [7, 11) is 4.09. The lowest BCUT2D eigenvalue weighted by Crippen LogP contribution is -2.18. The van der Waals surface area contributed by atoms with Crippen LogP contribution in [0.25, 0.3) is 0 Å². The number of hydrogen-bond donors (Lipinski definition) is 0. The van der Waals surface area contributed by atoms with Crippen molar-refractivity contribution >= 4 is 35.6 Å². The maximum atomic E-state index is 6.17. The fraction of sp³-hybridized carbons (Fsp3) is 0.294. The summed E-state index contributed by atoms with van der Waals surface area (Å²) >= 11 is 12.2. The third-order valence-corrected chi connectivity index (χ3v) is 4.30. The number of halogens is 3. The number of ether oxygens (including phenoxy) is 2. The second kappa shape index (κ2) is 7.63. The summed E-state index contributed by atoms with van der Waals surface area (Å²) in [5.74, 6) is 2.01. The second-order valence-electron chi connectivity index (χ2n) is 5.55. The Morgan fingerprint density at radius 1 is 1.00 bits per heavy atom. The van der Waals surface area contributed by atoms with Gasteiger partial charge in [0.2, 0.25) is 0 Å². The largest absolute Gasteiger partial charge is 0.482 e. The van der Waals surface area contributed by atoms with Crippen LogP contribution in [0.5, 0.6) is 17.2 Å². The van der Waals surface area contributed by atoms with Crippen LogP contribution >= 0.6 is 35.6 Å². The van der Waals surface area contributed by atoms with E-state index in [4.69, 9.17) is 32.7 Å². The van der Waals surface area contributed by atoms with Crippen LogP contribution in [0.15, 0.2) is 36.4 Å². The summed E-state index contributed by atoms with van der Waals surface area (Å²) in [6.45, 7) is 0.912. The van der Waals surface area contributed by atoms with E-state index in [1.807, 2.05) is 38.4 Å². The van der Waals surface area contributed by atoms with Gasteiger partial charge in [0.05, 0.1) is 10.0 Å². The normalized spacial score (nSPS) is 15.6. The number of rotatable bonds is 3. The van der Waals surface area contributed by atoms with Gasteiger partial charge in [-0.3, -0.25) is 0 Å². The summed E-state index contributed by atoms with van der Waals surface area (Å²) in [4.78, 5) is 2.13. The zero-order chi connectivity index (χ0) is 15.7. The Morgan fingerprint density at radius 3 is 2.35 bits per heavy atom. The van der Waals surface area contributed by atoms with Crippen LogP contribution in [0.4, 0.5) is 0 Å². The van der Waals surface area contributed by atoms with E-state index in [1.165, 1.54) is 0 Å². The van der Waals surface area contributed by atoms with Crippen molar-refractivity contribution in [2.75, 3.05) is 20.6 Å². The molecule has 1 atom stereocenters. The molecule has 0 bridgehead atoms. The van der Waals surface area contributed by atoms with E-state index in [-0.39, 0.29) is 18.5 Å². The van der Waals surface area contributed by atoms with Crippen LogP contribution in [0, 0.1) is 0 Å². The monoisotopic (exact) mass is 373 g/mol. The van der Waals surface area contributed by atoms with Crippen LogP contribution in [0.1, 0.15) is 18.1 Å². The molecular formula is C17H18Cl3NO2. The molecule has 0 saturated carbocycles. The number of nitrogens with zero attached hydrogens (tertiary/aromatic N) is 1. The highest BCUT2D eigenvalue weighted by Gasteiger charge is 2.25. The minimum atomic E-state index is -0.0860. The maximum Gasteiger partial charge on any atom is 0.170 e. The molecule has 2 aromatic rings. The Kier molecular flexibility index (Phi) is 6.04. The molecule has 124 valence electrons. The minimum absolute atomic E-state index is 0. The third-order valence-electron chi connectivity index (χ3n) is 3.58. The van der Waals surface area contributed by atoms with Crippen molar-refractivity contribution in [3.63, 3.8) is 0 Å². The second-order valence-corrected chi connectivity index (χ2v) is 6.37. The predicted molar refractivity (Wildman–Crippen MR) is 96.8 cm³/mol. The zero-order valence-corrected chi connectivity index (χ0v) is 15.2. The first-order valence-corrected chi connectivity index (χ1v) is 7.87. The molecule has 0 radical (unpaired) electrons. The van der Waals surface area contributed by atoms with E-state index in [0.29, 0.717) is 21.5 Å². The molecule has 1 unspecified atom stereocenters. The Hall–Kier alpha value is -1.13. The predicted octanol–water partition coefficient (Wildman–Crippen LogP) is 5.59. The van der Waals surface area contributed by atoms with E-state index in [0.717, 1.165) is 24.3 Å². The van der Waals surface area contributed by atoms with E-state index in [2.05, 4.69) is 4.90 Å². The summed E-state index contributed by atoms with van der Waals surface area (Å²) in [6, 6.07) is 11.3. The Balaban J connectivity index is 0.00000192. The average Bonchev–Trinajstić information content (AvgIpc) is 2.62. The highest BCUT2D eigenvalue weighted by Crippen LogP contribution is 2.45. The molecule has 1 aliphatic rings. The first-order valence-electron chi connectivity index (χ1n) is 7.12. The highest BCUT2D eigenvalue weighted by molar-refractivity contribution is 6.42. The van der Waals surface area contributed by atoms with Gasteiger partial charge in [-0.05, 0) is 20.2 Å². The van der Waals surface area contributed by atoms with E-state index < -0.39 is 0 Å². The van der Waals surface area contributed by atoms with E-state index in [9.17, 15) is 0 Å². The molecule has 2 aromatic carbocycles. The number of benzene rings is 2. The van der Waals surface area contributed by atoms with Gasteiger partial charge in [-0.25, -0.2) is 0 Å². The van der Waals surface area contributed by atoms with Gasteiger partial charge < -0.3 is 14.4 Å². The highest BCUT2D eigenvalue weighted by atomic mass is 35.5. The quantitative estimate of drug-likeness (QED) is 0.698. The van der Waals surface area contributed by atoms with Gasteiger partial charge in [-0.15, -0.1) is 12.4 Å².